The number of hydrogen-bond acceptors (Lipinski definition) is 3. The Balaban J connectivity index is 0.00000441. The summed E-state index contributed by atoms with van der Waals surface area (Å²) in [7, 11) is 0. The van der Waals surface area contributed by atoms with Gasteiger partial charge in [-0.2, -0.15) is 0 Å². The third-order valence-corrected chi connectivity index (χ3v) is 3.34. The summed E-state index contributed by atoms with van der Waals surface area (Å²) in [5, 5.41) is 3.03. The SMILES string of the molecule is Cc1cccc(OCCC(=O)NC(C)(CN)CC(C)C)c1.Cl. The molecule has 0 bridgehead atoms. The van der Waals surface area contributed by atoms with Crippen LogP contribution in [0.3, 0.4) is 0 Å². The van der Waals surface area contributed by atoms with Crippen molar-refractivity contribution in [2.24, 2.45) is 11.7 Å². The fraction of sp³-hybridized carbons (Fsp3) is 0.588. The first-order valence-electron chi connectivity index (χ1n) is 7.55. The molecule has 0 radical (unpaired) electrons. The van der Waals surface area contributed by atoms with Gasteiger partial charge in [0, 0.05) is 12.1 Å². The van der Waals surface area contributed by atoms with Crippen molar-refractivity contribution in [3.05, 3.63) is 29.8 Å². The maximum atomic E-state index is 12.0. The van der Waals surface area contributed by atoms with Crippen LogP contribution < -0.4 is 15.8 Å². The Morgan fingerprint density at radius 3 is 2.64 bits per heavy atom. The molecule has 1 unspecified atom stereocenters. The van der Waals surface area contributed by atoms with E-state index in [9.17, 15) is 4.79 Å². The standard InChI is InChI=1S/C17H28N2O2.ClH/c1-13(2)11-17(4,12-18)19-16(20)8-9-21-15-7-5-6-14(3)10-15;/h5-7,10,13H,8-9,11-12,18H2,1-4H3,(H,19,20);1H. The van der Waals surface area contributed by atoms with Gasteiger partial charge < -0.3 is 15.8 Å². The molecule has 1 amide bonds. The number of amides is 1. The van der Waals surface area contributed by atoms with Gasteiger partial charge in [0.2, 0.25) is 5.91 Å². The van der Waals surface area contributed by atoms with Gasteiger partial charge in [0.05, 0.1) is 13.0 Å². The summed E-state index contributed by atoms with van der Waals surface area (Å²) in [6, 6.07) is 7.81. The van der Waals surface area contributed by atoms with Crippen LogP contribution >= 0.6 is 12.4 Å². The predicted octanol–water partition coefficient (Wildman–Crippen LogP) is 3.07. The van der Waals surface area contributed by atoms with Crippen molar-refractivity contribution in [1.82, 2.24) is 5.32 Å². The van der Waals surface area contributed by atoms with Crippen LogP contribution in [0.4, 0.5) is 0 Å². The minimum atomic E-state index is -0.339. The maximum absolute atomic E-state index is 12.0. The van der Waals surface area contributed by atoms with Crippen molar-refractivity contribution >= 4 is 18.3 Å². The molecule has 0 spiro atoms. The van der Waals surface area contributed by atoms with Crippen LogP contribution in [0.2, 0.25) is 0 Å². The number of benzene rings is 1. The molecule has 0 saturated carbocycles. The highest BCUT2D eigenvalue weighted by Crippen LogP contribution is 2.16. The van der Waals surface area contributed by atoms with Crippen LogP contribution in [0, 0.1) is 12.8 Å². The van der Waals surface area contributed by atoms with E-state index in [2.05, 4.69) is 19.2 Å². The molecule has 5 heteroatoms. The molecule has 22 heavy (non-hydrogen) atoms. The second kappa shape index (κ2) is 9.70. The largest absolute Gasteiger partial charge is 0.493 e. The number of nitrogens with one attached hydrogen (secondary N) is 1. The number of carbonyl (C=O) groups is 1. The number of ether oxygens (including phenoxy) is 1. The van der Waals surface area contributed by atoms with E-state index in [1.165, 1.54) is 0 Å². The first-order chi connectivity index (χ1) is 9.84. The van der Waals surface area contributed by atoms with E-state index >= 15 is 0 Å². The topological polar surface area (TPSA) is 64.3 Å². The molecule has 126 valence electrons. The monoisotopic (exact) mass is 328 g/mol. The van der Waals surface area contributed by atoms with Crippen molar-refractivity contribution in [2.75, 3.05) is 13.2 Å². The molecular formula is C17H29ClN2O2. The van der Waals surface area contributed by atoms with Gasteiger partial charge >= 0.3 is 0 Å². The Morgan fingerprint density at radius 1 is 1.41 bits per heavy atom. The maximum Gasteiger partial charge on any atom is 0.223 e. The van der Waals surface area contributed by atoms with Crippen molar-refractivity contribution in [2.45, 2.75) is 46.1 Å². The Bertz CT molecular complexity index is 466. The molecule has 1 aromatic carbocycles. The van der Waals surface area contributed by atoms with Crippen LogP contribution in [-0.2, 0) is 4.79 Å². The number of carbonyl (C=O) groups excluding carboxylic acids is 1. The molecule has 0 fully saturated rings. The van der Waals surface area contributed by atoms with Gasteiger partial charge in [-0.15, -0.1) is 12.4 Å². The average Bonchev–Trinajstić information content (AvgIpc) is 2.37. The zero-order valence-corrected chi connectivity index (χ0v) is 14.8. The van der Waals surface area contributed by atoms with E-state index in [1.807, 2.05) is 38.1 Å². The van der Waals surface area contributed by atoms with E-state index < -0.39 is 0 Å². The van der Waals surface area contributed by atoms with Crippen LogP contribution in [0.1, 0.15) is 39.2 Å². The van der Waals surface area contributed by atoms with Gasteiger partial charge in [-0.25, -0.2) is 0 Å². The summed E-state index contributed by atoms with van der Waals surface area (Å²) in [5.41, 5.74) is 6.60. The van der Waals surface area contributed by atoms with Crippen LogP contribution in [0.15, 0.2) is 24.3 Å². The second-order valence-corrected chi connectivity index (χ2v) is 6.33. The third kappa shape index (κ3) is 7.66. The Morgan fingerprint density at radius 2 is 2.09 bits per heavy atom. The Kier molecular flexibility index (Phi) is 9.14. The molecule has 1 atom stereocenters. The van der Waals surface area contributed by atoms with Crippen molar-refractivity contribution in [3.63, 3.8) is 0 Å². The van der Waals surface area contributed by atoms with Gasteiger partial charge in [0.25, 0.3) is 0 Å². The van der Waals surface area contributed by atoms with Crippen LogP contribution in [-0.4, -0.2) is 24.6 Å². The Hall–Kier alpha value is -1.26. The molecular weight excluding hydrogens is 300 g/mol. The van der Waals surface area contributed by atoms with Gasteiger partial charge in [-0.3, -0.25) is 4.79 Å². The average molecular weight is 329 g/mol. The van der Waals surface area contributed by atoms with Crippen molar-refractivity contribution in [1.29, 1.82) is 0 Å². The minimum Gasteiger partial charge on any atom is -0.493 e. The summed E-state index contributed by atoms with van der Waals surface area (Å²) in [4.78, 5) is 12.0. The minimum absolute atomic E-state index is 0. The molecule has 1 aromatic rings. The molecule has 3 N–H and O–H groups in total. The highest BCUT2D eigenvalue weighted by Gasteiger charge is 2.25. The lowest BCUT2D eigenvalue weighted by molar-refractivity contribution is -0.123. The normalized spacial score (nSPS) is 13.2. The lowest BCUT2D eigenvalue weighted by Crippen LogP contribution is -2.52. The van der Waals surface area contributed by atoms with Gasteiger partial charge in [0.15, 0.2) is 0 Å². The highest BCUT2D eigenvalue weighted by atomic mass is 35.5. The lowest BCUT2D eigenvalue weighted by Gasteiger charge is -2.31. The lowest BCUT2D eigenvalue weighted by atomic mass is 9.90. The van der Waals surface area contributed by atoms with E-state index in [1.54, 1.807) is 0 Å². The van der Waals surface area contributed by atoms with E-state index in [4.69, 9.17) is 10.5 Å². The number of nitrogens with two attached hydrogens (primary N) is 1. The van der Waals surface area contributed by atoms with Crippen molar-refractivity contribution in [3.8, 4) is 5.75 Å². The van der Waals surface area contributed by atoms with Gasteiger partial charge in [-0.1, -0.05) is 26.0 Å². The van der Waals surface area contributed by atoms with Crippen LogP contribution in [0.5, 0.6) is 5.75 Å². The van der Waals surface area contributed by atoms with E-state index in [0.29, 0.717) is 25.5 Å². The number of hydrogen-bond donors (Lipinski definition) is 2. The van der Waals surface area contributed by atoms with Crippen molar-refractivity contribution < 1.29 is 9.53 Å². The zero-order valence-electron chi connectivity index (χ0n) is 14.0. The summed E-state index contributed by atoms with van der Waals surface area (Å²) in [6.07, 6.45) is 1.20. The first kappa shape index (κ1) is 20.7. The third-order valence-electron chi connectivity index (χ3n) is 3.34. The summed E-state index contributed by atoms with van der Waals surface area (Å²) < 4.78 is 5.59. The van der Waals surface area contributed by atoms with Gasteiger partial charge in [0.1, 0.15) is 5.75 Å². The summed E-state index contributed by atoms with van der Waals surface area (Å²) >= 11 is 0. The molecule has 0 saturated heterocycles. The first-order valence-corrected chi connectivity index (χ1v) is 7.55. The predicted molar refractivity (Wildman–Crippen MR) is 93.6 cm³/mol. The summed E-state index contributed by atoms with van der Waals surface area (Å²) in [6.45, 7) is 9.07. The highest BCUT2D eigenvalue weighted by molar-refractivity contribution is 5.85. The number of aryl methyl sites for hydroxylation is 1. The van der Waals surface area contributed by atoms with E-state index in [-0.39, 0.29) is 23.9 Å². The Labute approximate surface area is 140 Å². The fourth-order valence-corrected chi connectivity index (χ4v) is 2.45. The molecule has 0 aromatic heterocycles. The molecule has 1 rings (SSSR count). The quantitative estimate of drug-likeness (QED) is 0.770. The second-order valence-electron chi connectivity index (χ2n) is 6.33. The zero-order chi connectivity index (χ0) is 15.9. The molecule has 0 aliphatic heterocycles. The number of rotatable bonds is 8. The fourth-order valence-electron chi connectivity index (χ4n) is 2.45. The van der Waals surface area contributed by atoms with Gasteiger partial charge in [-0.05, 0) is 43.9 Å². The molecule has 4 nitrogen and oxygen atoms in total. The number of halogens is 1. The molecule has 0 aliphatic rings. The van der Waals surface area contributed by atoms with Crippen LogP contribution in [0.25, 0.3) is 0 Å². The summed E-state index contributed by atoms with van der Waals surface area (Å²) in [5.74, 6) is 1.27. The smallest absolute Gasteiger partial charge is 0.223 e. The molecule has 0 aliphatic carbocycles. The molecule has 0 heterocycles. The van der Waals surface area contributed by atoms with E-state index in [0.717, 1.165) is 17.7 Å².